The summed E-state index contributed by atoms with van der Waals surface area (Å²) in [4.78, 5) is 0. The number of allylic oxidation sites excluding steroid dienone is 2. The summed E-state index contributed by atoms with van der Waals surface area (Å²) >= 11 is 6.01. The molecule has 1 aromatic rings. The highest BCUT2D eigenvalue weighted by atomic mass is 35.5. The van der Waals surface area contributed by atoms with Crippen LogP contribution in [0.25, 0.3) is 0 Å². The lowest BCUT2D eigenvalue weighted by molar-refractivity contribution is 0.206. The van der Waals surface area contributed by atoms with Crippen LogP contribution in [-0.2, 0) is 6.42 Å². The van der Waals surface area contributed by atoms with E-state index in [2.05, 4.69) is 17.5 Å². The molecule has 1 heterocycles. The van der Waals surface area contributed by atoms with Gasteiger partial charge in [-0.15, -0.1) is 0 Å². The van der Waals surface area contributed by atoms with Gasteiger partial charge in [0.1, 0.15) is 6.10 Å². The van der Waals surface area contributed by atoms with Gasteiger partial charge in [0.05, 0.1) is 0 Å². The van der Waals surface area contributed by atoms with Gasteiger partial charge in [-0.2, -0.15) is 0 Å². The molecule has 1 aromatic carbocycles. The highest BCUT2D eigenvalue weighted by Crippen LogP contribution is 2.34. The van der Waals surface area contributed by atoms with Crippen LogP contribution in [0.4, 0.5) is 0 Å². The topological polar surface area (TPSA) is 32.3 Å². The SMILES string of the molecule is OC1C2=C(C=CCN2)CCc2cc(Cl)ccc21. The van der Waals surface area contributed by atoms with Gasteiger partial charge in [-0.25, -0.2) is 0 Å². The molecule has 0 fully saturated rings. The molecule has 2 aliphatic rings. The minimum Gasteiger partial charge on any atom is -0.382 e. The fourth-order valence-corrected chi connectivity index (χ4v) is 2.74. The zero-order valence-corrected chi connectivity index (χ0v) is 10.2. The zero-order valence-electron chi connectivity index (χ0n) is 9.41. The number of rotatable bonds is 0. The van der Waals surface area contributed by atoms with Crippen LogP contribution in [0.3, 0.4) is 0 Å². The van der Waals surface area contributed by atoms with Crippen molar-refractivity contribution < 1.29 is 5.11 Å². The molecule has 0 saturated carbocycles. The molecule has 1 unspecified atom stereocenters. The Morgan fingerprint density at radius 2 is 2.18 bits per heavy atom. The van der Waals surface area contributed by atoms with Gasteiger partial charge < -0.3 is 10.4 Å². The number of nitrogens with one attached hydrogen (secondary N) is 1. The van der Waals surface area contributed by atoms with E-state index >= 15 is 0 Å². The Balaban J connectivity index is 2.08. The van der Waals surface area contributed by atoms with Crippen molar-refractivity contribution in [2.24, 2.45) is 0 Å². The minimum absolute atomic E-state index is 0.551. The van der Waals surface area contributed by atoms with Gasteiger partial charge >= 0.3 is 0 Å². The van der Waals surface area contributed by atoms with E-state index in [1.54, 1.807) is 0 Å². The molecule has 2 nitrogen and oxygen atoms in total. The number of dihydropyridines is 1. The van der Waals surface area contributed by atoms with Crippen molar-refractivity contribution >= 4 is 11.6 Å². The summed E-state index contributed by atoms with van der Waals surface area (Å²) in [7, 11) is 0. The maximum absolute atomic E-state index is 10.4. The summed E-state index contributed by atoms with van der Waals surface area (Å²) in [6.07, 6.45) is 5.53. The molecule has 0 aromatic heterocycles. The predicted octanol–water partition coefficient (Wildman–Crippen LogP) is 2.73. The molecule has 1 aliphatic carbocycles. The number of benzene rings is 1. The molecule has 0 radical (unpaired) electrons. The molecule has 2 N–H and O–H groups in total. The number of fused-ring (bicyclic) bond motifs is 1. The summed E-state index contributed by atoms with van der Waals surface area (Å²) in [5.41, 5.74) is 4.28. The second-order valence-electron chi connectivity index (χ2n) is 4.47. The van der Waals surface area contributed by atoms with Crippen molar-refractivity contribution in [3.8, 4) is 0 Å². The highest BCUT2D eigenvalue weighted by Gasteiger charge is 2.24. The lowest BCUT2D eigenvalue weighted by Gasteiger charge is -2.21. The fourth-order valence-electron chi connectivity index (χ4n) is 2.55. The number of aliphatic hydroxyl groups excluding tert-OH is 1. The first-order valence-corrected chi connectivity index (χ1v) is 6.23. The fraction of sp³-hybridized carbons (Fsp3) is 0.286. The normalized spacial score (nSPS) is 22.6. The van der Waals surface area contributed by atoms with Crippen molar-refractivity contribution in [2.75, 3.05) is 6.54 Å². The molecule has 0 amide bonds. The standard InChI is InChI=1S/C14H14ClNO/c15-11-5-6-12-10(8-11)4-3-9-2-1-7-16-13(9)14(12)17/h1-2,5-6,8,14,16-17H,3-4,7H2. The van der Waals surface area contributed by atoms with E-state index in [1.165, 1.54) is 5.57 Å². The molecule has 0 bridgehead atoms. The smallest absolute Gasteiger partial charge is 0.119 e. The van der Waals surface area contributed by atoms with Crippen LogP contribution in [0.15, 0.2) is 41.6 Å². The molecule has 3 heteroatoms. The lowest BCUT2D eigenvalue weighted by atomic mass is 10.00. The summed E-state index contributed by atoms with van der Waals surface area (Å²) in [5, 5.41) is 14.4. The van der Waals surface area contributed by atoms with Crippen molar-refractivity contribution in [1.29, 1.82) is 0 Å². The Hall–Kier alpha value is -1.25. The van der Waals surface area contributed by atoms with Crippen LogP contribution in [0.2, 0.25) is 5.02 Å². The minimum atomic E-state index is -0.551. The van der Waals surface area contributed by atoms with E-state index in [0.717, 1.165) is 41.2 Å². The number of aliphatic hydroxyl groups is 1. The van der Waals surface area contributed by atoms with E-state index in [4.69, 9.17) is 11.6 Å². The molecule has 1 atom stereocenters. The quantitative estimate of drug-likeness (QED) is 0.739. The summed E-state index contributed by atoms with van der Waals surface area (Å²) in [5.74, 6) is 0. The summed E-state index contributed by atoms with van der Waals surface area (Å²) in [6.45, 7) is 0.790. The van der Waals surface area contributed by atoms with Gasteiger partial charge in [-0.3, -0.25) is 0 Å². The maximum Gasteiger partial charge on any atom is 0.119 e. The van der Waals surface area contributed by atoms with Crippen LogP contribution in [0.1, 0.15) is 23.7 Å². The Kier molecular flexibility index (Phi) is 2.69. The number of aryl methyl sites for hydroxylation is 1. The molecule has 0 spiro atoms. The first-order chi connectivity index (χ1) is 8.25. The molecule has 88 valence electrons. The average Bonchev–Trinajstić information content (AvgIpc) is 2.48. The van der Waals surface area contributed by atoms with Crippen molar-refractivity contribution in [2.45, 2.75) is 18.9 Å². The van der Waals surface area contributed by atoms with Gasteiger partial charge in [0.25, 0.3) is 0 Å². The van der Waals surface area contributed by atoms with E-state index in [1.807, 2.05) is 18.2 Å². The van der Waals surface area contributed by atoms with E-state index < -0.39 is 6.10 Å². The van der Waals surface area contributed by atoms with Gasteiger partial charge in [0.2, 0.25) is 0 Å². The molecular weight excluding hydrogens is 234 g/mol. The lowest BCUT2D eigenvalue weighted by Crippen LogP contribution is -2.23. The van der Waals surface area contributed by atoms with Crippen molar-refractivity contribution in [3.63, 3.8) is 0 Å². The number of hydrogen-bond acceptors (Lipinski definition) is 2. The van der Waals surface area contributed by atoms with Gasteiger partial charge in [-0.1, -0.05) is 29.8 Å². The third-order valence-electron chi connectivity index (χ3n) is 3.41. The van der Waals surface area contributed by atoms with E-state index in [-0.39, 0.29) is 0 Å². The van der Waals surface area contributed by atoms with E-state index in [0.29, 0.717) is 0 Å². The Labute approximate surface area is 106 Å². The van der Waals surface area contributed by atoms with Crippen molar-refractivity contribution in [1.82, 2.24) is 5.32 Å². The molecule has 17 heavy (non-hydrogen) atoms. The molecule has 1 aliphatic heterocycles. The van der Waals surface area contributed by atoms with Crippen LogP contribution in [-0.4, -0.2) is 11.7 Å². The Morgan fingerprint density at radius 3 is 3.06 bits per heavy atom. The predicted molar refractivity (Wildman–Crippen MR) is 68.9 cm³/mol. The monoisotopic (exact) mass is 247 g/mol. The van der Waals surface area contributed by atoms with Gasteiger partial charge in [-0.05, 0) is 41.7 Å². The molecular formula is C14H14ClNO. The van der Waals surface area contributed by atoms with E-state index in [9.17, 15) is 5.11 Å². The third-order valence-corrected chi connectivity index (χ3v) is 3.65. The largest absolute Gasteiger partial charge is 0.382 e. The van der Waals surface area contributed by atoms with Crippen LogP contribution >= 0.6 is 11.6 Å². The maximum atomic E-state index is 10.4. The van der Waals surface area contributed by atoms with Gasteiger partial charge in [0, 0.05) is 17.3 Å². The van der Waals surface area contributed by atoms with Crippen LogP contribution in [0.5, 0.6) is 0 Å². The summed E-state index contributed by atoms with van der Waals surface area (Å²) < 4.78 is 0. The number of hydrogen-bond donors (Lipinski definition) is 2. The van der Waals surface area contributed by atoms with Crippen LogP contribution in [0, 0.1) is 0 Å². The number of halogens is 1. The highest BCUT2D eigenvalue weighted by molar-refractivity contribution is 6.30. The first-order valence-electron chi connectivity index (χ1n) is 5.85. The third kappa shape index (κ3) is 1.88. The second kappa shape index (κ2) is 4.21. The summed E-state index contributed by atoms with van der Waals surface area (Å²) in [6, 6.07) is 5.73. The van der Waals surface area contributed by atoms with Crippen molar-refractivity contribution in [3.05, 3.63) is 57.8 Å². The Bertz CT molecular complexity index is 519. The molecule has 0 saturated heterocycles. The zero-order chi connectivity index (χ0) is 11.8. The first kappa shape index (κ1) is 10.9. The van der Waals surface area contributed by atoms with Crippen LogP contribution < -0.4 is 5.32 Å². The molecule has 3 rings (SSSR count). The average molecular weight is 248 g/mol. The Morgan fingerprint density at radius 1 is 1.29 bits per heavy atom. The van der Waals surface area contributed by atoms with Gasteiger partial charge in [0.15, 0.2) is 0 Å². The second-order valence-corrected chi connectivity index (χ2v) is 4.90.